The van der Waals surface area contributed by atoms with Crippen LogP contribution in [0.1, 0.15) is 31.9 Å². The molecule has 0 aromatic carbocycles. The Bertz CT molecular complexity index is 808. The first-order valence-corrected chi connectivity index (χ1v) is 8.27. The van der Waals surface area contributed by atoms with Crippen molar-refractivity contribution in [2.45, 2.75) is 36.8 Å². The molecule has 0 fully saturated rings. The van der Waals surface area contributed by atoms with Crippen LogP contribution >= 0.6 is 0 Å². The fourth-order valence-corrected chi connectivity index (χ4v) is 3.60. The van der Waals surface area contributed by atoms with Crippen molar-refractivity contribution in [2.75, 3.05) is 0 Å². The molecule has 0 unspecified atom stereocenters. The van der Waals surface area contributed by atoms with E-state index in [1.54, 1.807) is 24.5 Å². The zero-order valence-corrected chi connectivity index (χ0v) is 12.9. The summed E-state index contributed by atoms with van der Waals surface area (Å²) < 4.78 is 30.8. The van der Waals surface area contributed by atoms with Crippen molar-refractivity contribution in [1.82, 2.24) is 9.97 Å². The van der Waals surface area contributed by atoms with Crippen LogP contribution in [0.5, 0.6) is 11.6 Å². The number of hydrogen-bond donors (Lipinski definition) is 0. The molecule has 0 spiro atoms. The molecule has 0 aliphatic carbocycles. The fraction of sp³-hybridized carbons (Fsp3) is 0.333. The minimum atomic E-state index is -3.50. The second-order valence-electron chi connectivity index (χ2n) is 6.12. The van der Waals surface area contributed by atoms with Crippen molar-refractivity contribution in [3.63, 3.8) is 0 Å². The van der Waals surface area contributed by atoms with E-state index in [9.17, 15) is 8.42 Å². The van der Waals surface area contributed by atoms with Gasteiger partial charge in [-0.25, -0.2) is 13.4 Å². The van der Waals surface area contributed by atoms with Crippen LogP contribution in [0.3, 0.4) is 0 Å². The Morgan fingerprint density at radius 1 is 1.24 bits per heavy atom. The highest BCUT2D eigenvalue weighted by Crippen LogP contribution is 2.37. The van der Waals surface area contributed by atoms with Crippen LogP contribution in [0.15, 0.2) is 35.6 Å². The number of sulfone groups is 1. The van der Waals surface area contributed by atoms with Gasteiger partial charge in [0.15, 0.2) is 9.84 Å². The first kappa shape index (κ1) is 14.0. The van der Waals surface area contributed by atoms with Crippen LogP contribution in [0.4, 0.5) is 0 Å². The fourth-order valence-electron chi connectivity index (χ4n) is 2.15. The van der Waals surface area contributed by atoms with Crippen molar-refractivity contribution in [2.24, 2.45) is 0 Å². The summed E-state index contributed by atoms with van der Waals surface area (Å²) in [5, 5.41) is 0. The van der Waals surface area contributed by atoms with E-state index in [-0.39, 0.29) is 21.9 Å². The third-order valence-electron chi connectivity index (χ3n) is 3.43. The van der Waals surface area contributed by atoms with E-state index in [4.69, 9.17) is 4.74 Å². The minimum Gasteiger partial charge on any atom is -0.437 e. The van der Waals surface area contributed by atoms with Gasteiger partial charge in [0.25, 0.3) is 0 Å². The molecule has 0 saturated heterocycles. The van der Waals surface area contributed by atoms with Gasteiger partial charge in [0.05, 0.1) is 5.75 Å². The van der Waals surface area contributed by atoms with Crippen molar-refractivity contribution < 1.29 is 13.2 Å². The van der Waals surface area contributed by atoms with Gasteiger partial charge < -0.3 is 4.74 Å². The largest absolute Gasteiger partial charge is 0.437 e. The monoisotopic (exact) mass is 304 g/mol. The molecule has 1 aliphatic heterocycles. The number of fused-ring (bicyclic) bond motifs is 2. The van der Waals surface area contributed by atoms with Crippen LogP contribution in [0.25, 0.3) is 0 Å². The molecule has 1 aliphatic rings. The molecule has 0 bridgehead atoms. The molecule has 0 radical (unpaired) electrons. The summed E-state index contributed by atoms with van der Waals surface area (Å²) in [6, 6.07) is 3.32. The van der Waals surface area contributed by atoms with Gasteiger partial charge in [-0.15, -0.1) is 0 Å². The van der Waals surface area contributed by atoms with Crippen molar-refractivity contribution in [3.05, 3.63) is 41.9 Å². The SMILES string of the molecule is CC(C)(C)c1cnc2c(c1)S(=O)(=O)Cc1cnccc1O2. The van der Waals surface area contributed by atoms with Crippen molar-refractivity contribution in [3.8, 4) is 11.6 Å². The van der Waals surface area contributed by atoms with E-state index in [2.05, 4.69) is 9.97 Å². The third kappa shape index (κ3) is 2.51. The van der Waals surface area contributed by atoms with E-state index in [1.807, 2.05) is 20.8 Å². The van der Waals surface area contributed by atoms with Crippen LogP contribution in [-0.2, 0) is 21.0 Å². The van der Waals surface area contributed by atoms with Gasteiger partial charge in [0, 0.05) is 24.2 Å². The molecule has 2 aromatic rings. The smallest absolute Gasteiger partial charge is 0.238 e. The first-order chi connectivity index (χ1) is 9.77. The van der Waals surface area contributed by atoms with Gasteiger partial charge in [0.2, 0.25) is 5.88 Å². The van der Waals surface area contributed by atoms with Gasteiger partial charge in [0.1, 0.15) is 10.6 Å². The molecule has 5 nitrogen and oxygen atoms in total. The molecule has 110 valence electrons. The predicted molar refractivity (Wildman–Crippen MR) is 78.1 cm³/mol. The Morgan fingerprint density at radius 2 is 2.00 bits per heavy atom. The van der Waals surface area contributed by atoms with Gasteiger partial charge >= 0.3 is 0 Å². The summed E-state index contributed by atoms with van der Waals surface area (Å²) in [6.07, 6.45) is 4.75. The maximum atomic E-state index is 12.6. The molecule has 2 aromatic heterocycles. The minimum absolute atomic E-state index is 0.127. The third-order valence-corrected chi connectivity index (χ3v) is 5.08. The Labute approximate surface area is 123 Å². The highest BCUT2D eigenvalue weighted by Gasteiger charge is 2.29. The lowest BCUT2D eigenvalue weighted by Gasteiger charge is -2.19. The standard InChI is InChI=1S/C15H16N2O3S/c1-15(2,3)11-6-13-14(17-8-11)20-12-4-5-16-7-10(12)9-21(13,18)19/h4-8H,9H2,1-3H3. The van der Waals surface area contributed by atoms with Gasteiger partial charge in [-0.1, -0.05) is 20.8 Å². The summed E-state index contributed by atoms with van der Waals surface area (Å²) >= 11 is 0. The molecule has 0 amide bonds. The molecular formula is C15H16N2O3S. The first-order valence-electron chi connectivity index (χ1n) is 6.61. The normalized spacial score (nSPS) is 16.3. The van der Waals surface area contributed by atoms with Gasteiger partial charge in [-0.3, -0.25) is 4.98 Å². The Balaban J connectivity index is 2.21. The maximum Gasteiger partial charge on any atom is 0.238 e. The lowest BCUT2D eigenvalue weighted by Crippen LogP contribution is -2.13. The van der Waals surface area contributed by atoms with E-state index in [0.717, 1.165) is 5.56 Å². The predicted octanol–water partition coefficient (Wildman–Crippen LogP) is 2.85. The lowest BCUT2D eigenvalue weighted by molar-refractivity contribution is 0.444. The van der Waals surface area contributed by atoms with Crippen molar-refractivity contribution >= 4 is 9.84 Å². The molecule has 3 rings (SSSR count). The molecule has 6 heteroatoms. The van der Waals surface area contributed by atoms with Crippen LogP contribution in [0, 0.1) is 0 Å². The molecule has 21 heavy (non-hydrogen) atoms. The van der Waals surface area contributed by atoms with Crippen LogP contribution in [0.2, 0.25) is 0 Å². The molecule has 0 N–H and O–H groups in total. The zero-order chi connectivity index (χ0) is 15.3. The number of aromatic nitrogens is 2. The second-order valence-corrected chi connectivity index (χ2v) is 8.08. The second kappa shape index (κ2) is 4.53. The lowest BCUT2D eigenvalue weighted by atomic mass is 9.88. The number of pyridine rings is 2. The molecular weight excluding hydrogens is 288 g/mol. The highest BCUT2D eigenvalue weighted by atomic mass is 32.2. The Kier molecular flexibility index (Phi) is 3.02. The van der Waals surface area contributed by atoms with E-state index in [1.165, 1.54) is 6.20 Å². The summed E-state index contributed by atoms with van der Waals surface area (Å²) in [5.74, 6) is 0.495. The number of ether oxygens (including phenoxy) is 1. The summed E-state index contributed by atoms with van der Waals surface area (Å²) in [4.78, 5) is 8.32. The van der Waals surface area contributed by atoms with Crippen LogP contribution in [-0.4, -0.2) is 18.4 Å². The molecule has 0 atom stereocenters. The highest BCUT2D eigenvalue weighted by molar-refractivity contribution is 7.90. The average Bonchev–Trinajstić information content (AvgIpc) is 2.50. The summed E-state index contributed by atoms with van der Waals surface area (Å²) in [6.45, 7) is 6.04. The number of hydrogen-bond acceptors (Lipinski definition) is 5. The maximum absolute atomic E-state index is 12.6. The topological polar surface area (TPSA) is 69.2 Å². The van der Waals surface area contributed by atoms with E-state index in [0.29, 0.717) is 11.3 Å². The Morgan fingerprint density at radius 3 is 2.71 bits per heavy atom. The number of rotatable bonds is 0. The zero-order valence-electron chi connectivity index (χ0n) is 12.1. The summed E-state index contributed by atoms with van der Waals surface area (Å²) in [7, 11) is -3.50. The van der Waals surface area contributed by atoms with Gasteiger partial charge in [-0.2, -0.15) is 0 Å². The quantitative estimate of drug-likeness (QED) is 0.748. The van der Waals surface area contributed by atoms with Crippen LogP contribution < -0.4 is 4.74 Å². The Hall–Kier alpha value is -1.95. The molecule has 0 saturated carbocycles. The van der Waals surface area contributed by atoms with E-state index >= 15 is 0 Å². The average molecular weight is 304 g/mol. The molecule has 3 heterocycles. The summed E-state index contributed by atoms with van der Waals surface area (Å²) in [5.41, 5.74) is 1.23. The van der Waals surface area contributed by atoms with Gasteiger partial charge in [-0.05, 0) is 23.1 Å². The number of nitrogens with zero attached hydrogens (tertiary/aromatic N) is 2. The van der Waals surface area contributed by atoms with Crippen molar-refractivity contribution in [1.29, 1.82) is 0 Å². The van der Waals surface area contributed by atoms with E-state index < -0.39 is 9.84 Å².